The molecule has 1 aliphatic rings. The smallest absolute Gasteiger partial charge is 0.323 e. The fourth-order valence-electron chi connectivity index (χ4n) is 2.77. The highest BCUT2D eigenvalue weighted by atomic mass is 32.1. The molecule has 9 heteroatoms. The average molecular weight is 344 g/mol. The van der Waals surface area contributed by atoms with E-state index in [0.29, 0.717) is 29.7 Å². The number of amides is 1. The summed E-state index contributed by atoms with van der Waals surface area (Å²) in [7, 11) is 0. The summed E-state index contributed by atoms with van der Waals surface area (Å²) < 4.78 is 46.6. The zero-order valence-corrected chi connectivity index (χ0v) is 13.0. The van der Waals surface area contributed by atoms with E-state index in [1.807, 2.05) is 0 Å². The van der Waals surface area contributed by atoms with Crippen LogP contribution in [0, 0.1) is 5.92 Å². The van der Waals surface area contributed by atoms with Gasteiger partial charge in [-0.3, -0.25) is 9.69 Å². The number of nitrogens with one attached hydrogen (secondary N) is 1. The van der Waals surface area contributed by atoms with Crippen LogP contribution < -0.4 is 5.32 Å². The summed E-state index contributed by atoms with van der Waals surface area (Å²) in [6, 6.07) is 5.24. The van der Waals surface area contributed by atoms with Crippen LogP contribution in [-0.2, 0) is 4.79 Å². The zero-order chi connectivity index (χ0) is 16.4. The molecule has 1 unspecified atom stereocenters. The van der Waals surface area contributed by atoms with Gasteiger partial charge in [0.05, 0.1) is 29.9 Å². The molecule has 1 aliphatic heterocycles. The van der Waals surface area contributed by atoms with E-state index in [9.17, 15) is 18.0 Å². The van der Waals surface area contributed by atoms with E-state index in [1.54, 1.807) is 23.1 Å². The number of benzene rings is 1. The standard InChI is InChI=1S/C14H15F3N4OS/c15-14(16,17)9-3-2-6-21(7-9)8-12(22)18-10-4-1-5-11-13(10)20-23-19-11/h1,4-5,9H,2-3,6-8H2,(H,18,22). The highest BCUT2D eigenvalue weighted by Gasteiger charge is 2.41. The Balaban J connectivity index is 1.62. The molecule has 1 N–H and O–H groups in total. The summed E-state index contributed by atoms with van der Waals surface area (Å²) in [4.78, 5) is 13.7. The van der Waals surface area contributed by atoms with E-state index in [0.717, 1.165) is 11.7 Å². The molecule has 124 valence electrons. The Morgan fingerprint density at radius 1 is 1.39 bits per heavy atom. The maximum atomic E-state index is 12.8. The highest BCUT2D eigenvalue weighted by Crippen LogP contribution is 2.33. The molecule has 0 spiro atoms. The molecule has 1 atom stereocenters. The lowest BCUT2D eigenvalue weighted by atomic mass is 9.97. The van der Waals surface area contributed by atoms with Gasteiger partial charge in [-0.05, 0) is 31.5 Å². The van der Waals surface area contributed by atoms with Crippen molar-refractivity contribution in [2.75, 3.05) is 25.0 Å². The van der Waals surface area contributed by atoms with Crippen molar-refractivity contribution in [2.24, 2.45) is 5.92 Å². The lowest BCUT2D eigenvalue weighted by Gasteiger charge is -2.33. The first-order valence-electron chi connectivity index (χ1n) is 7.23. The van der Waals surface area contributed by atoms with Gasteiger partial charge in [0.2, 0.25) is 5.91 Å². The van der Waals surface area contributed by atoms with E-state index in [-0.39, 0.29) is 25.4 Å². The van der Waals surface area contributed by atoms with E-state index in [2.05, 4.69) is 14.1 Å². The van der Waals surface area contributed by atoms with Crippen LogP contribution in [0.4, 0.5) is 18.9 Å². The van der Waals surface area contributed by atoms with Crippen molar-refractivity contribution >= 4 is 34.4 Å². The number of rotatable bonds is 3. The molecule has 0 aliphatic carbocycles. The van der Waals surface area contributed by atoms with Gasteiger partial charge in [-0.25, -0.2) is 0 Å². The summed E-state index contributed by atoms with van der Waals surface area (Å²) in [6.07, 6.45) is -3.62. The van der Waals surface area contributed by atoms with Crippen LogP contribution in [0.25, 0.3) is 11.0 Å². The minimum atomic E-state index is -4.20. The molecule has 2 heterocycles. The van der Waals surface area contributed by atoms with Crippen LogP contribution in [0.5, 0.6) is 0 Å². The molecule has 0 radical (unpaired) electrons. The van der Waals surface area contributed by atoms with Gasteiger partial charge in [-0.2, -0.15) is 21.9 Å². The first-order valence-corrected chi connectivity index (χ1v) is 7.97. The lowest BCUT2D eigenvalue weighted by Crippen LogP contribution is -2.44. The van der Waals surface area contributed by atoms with Crippen LogP contribution in [0.15, 0.2) is 18.2 Å². The van der Waals surface area contributed by atoms with E-state index in [4.69, 9.17) is 0 Å². The van der Waals surface area contributed by atoms with Crippen LogP contribution >= 0.6 is 11.7 Å². The molecule has 3 rings (SSSR count). The normalized spacial score (nSPS) is 19.9. The maximum absolute atomic E-state index is 12.8. The number of hydrogen-bond acceptors (Lipinski definition) is 5. The number of nitrogens with zero attached hydrogens (tertiary/aromatic N) is 3. The van der Waals surface area contributed by atoms with Crippen molar-refractivity contribution < 1.29 is 18.0 Å². The number of halogens is 3. The molecular weight excluding hydrogens is 329 g/mol. The van der Waals surface area contributed by atoms with Gasteiger partial charge in [0.1, 0.15) is 11.0 Å². The molecule has 1 aromatic heterocycles. The second kappa shape index (κ2) is 6.40. The number of aromatic nitrogens is 2. The molecule has 1 aromatic carbocycles. The van der Waals surface area contributed by atoms with Crippen LogP contribution in [-0.4, -0.2) is 45.4 Å². The van der Waals surface area contributed by atoms with Gasteiger partial charge in [0.25, 0.3) is 0 Å². The largest absolute Gasteiger partial charge is 0.393 e. The van der Waals surface area contributed by atoms with Crippen LogP contribution in [0.1, 0.15) is 12.8 Å². The quantitative estimate of drug-likeness (QED) is 0.930. The molecular formula is C14H15F3N4OS. The molecule has 2 aromatic rings. The lowest BCUT2D eigenvalue weighted by molar-refractivity contribution is -0.186. The van der Waals surface area contributed by atoms with Gasteiger partial charge < -0.3 is 5.32 Å². The number of anilines is 1. The van der Waals surface area contributed by atoms with E-state index >= 15 is 0 Å². The van der Waals surface area contributed by atoms with E-state index in [1.165, 1.54) is 0 Å². The number of fused-ring (bicyclic) bond motifs is 1. The van der Waals surface area contributed by atoms with Crippen molar-refractivity contribution in [2.45, 2.75) is 19.0 Å². The fourth-order valence-corrected chi connectivity index (χ4v) is 3.32. The van der Waals surface area contributed by atoms with Crippen molar-refractivity contribution in [3.8, 4) is 0 Å². The van der Waals surface area contributed by atoms with Crippen molar-refractivity contribution in [3.05, 3.63) is 18.2 Å². The van der Waals surface area contributed by atoms with E-state index < -0.39 is 12.1 Å². The summed E-state index contributed by atoms with van der Waals surface area (Å²) in [5.41, 5.74) is 1.81. The Morgan fingerprint density at radius 2 is 2.22 bits per heavy atom. The van der Waals surface area contributed by atoms with Gasteiger partial charge in [-0.1, -0.05) is 6.07 Å². The van der Waals surface area contributed by atoms with Crippen molar-refractivity contribution in [1.82, 2.24) is 13.6 Å². The Kier molecular flexibility index (Phi) is 4.49. The minimum Gasteiger partial charge on any atom is -0.323 e. The number of carbonyl (C=O) groups is 1. The molecule has 1 amide bonds. The highest BCUT2D eigenvalue weighted by molar-refractivity contribution is 7.00. The average Bonchev–Trinajstić information content (AvgIpc) is 2.96. The third-order valence-electron chi connectivity index (χ3n) is 3.90. The second-order valence-corrected chi connectivity index (χ2v) is 6.13. The monoisotopic (exact) mass is 344 g/mol. The minimum absolute atomic E-state index is 0.0550. The fraction of sp³-hybridized carbons (Fsp3) is 0.500. The first kappa shape index (κ1) is 16.1. The number of alkyl halides is 3. The Hall–Kier alpha value is -1.74. The molecule has 1 saturated heterocycles. The predicted molar refractivity (Wildman–Crippen MR) is 81.3 cm³/mol. The number of likely N-dealkylation sites (tertiary alicyclic amines) is 1. The van der Waals surface area contributed by atoms with Gasteiger partial charge >= 0.3 is 6.18 Å². The first-order chi connectivity index (χ1) is 10.9. The van der Waals surface area contributed by atoms with Crippen LogP contribution in [0.3, 0.4) is 0 Å². The topological polar surface area (TPSA) is 58.1 Å². The Morgan fingerprint density at radius 3 is 3.00 bits per heavy atom. The molecule has 1 fully saturated rings. The number of piperidine rings is 1. The molecule has 0 saturated carbocycles. The zero-order valence-electron chi connectivity index (χ0n) is 12.1. The SMILES string of the molecule is O=C(CN1CCCC(C(F)(F)F)C1)Nc1cccc2nsnc12. The summed E-state index contributed by atoms with van der Waals surface area (Å²) in [5, 5.41) is 2.71. The molecule has 23 heavy (non-hydrogen) atoms. The number of carbonyl (C=O) groups excluding carboxylic acids is 1. The predicted octanol–water partition coefficient (Wildman–Crippen LogP) is 2.90. The Labute approximate surface area is 134 Å². The van der Waals surface area contributed by atoms with Crippen LogP contribution in [0.2, 0.25) is 0 Å². The third-order valence-corrected chi connectivity index (χ3v) is 4.44. The molecule has 0 bridgehead atoms. The second-order valence-electron chi connectivity index (χ2n) is 5.60. The van der Waals surface area contributed by atoms with Gasteiger partial charge in [0.15, 0.2) is 0 Å². The van der Waals surface area contributed by atoms with Crippen molar-refractivity contribution in [1.29, 1.82) is 0 Å². The third kappa shape index (κ3) is 3.78. The van der Waals surface area contributed by atoms with Gasteiger partial charge in [0, 0.05) is 6.54 Å². The molecule has 5 nitrogen and oxygen atoms in total. The van der Waals surface area contributed by atoms with Gasteiger partial charge in [-0.15, -0.1) is 0 Å². The number of hydrogen-bond donors (Lipinski definition) is 1. The summed E-state index contributed by atoms with van der Waals surface area (Å²) in [5.74, 6) is -1.69. The summed E-state index contributed by atoms with van der Waals surface area (Å²) >= 11 is 1.05. The Bertz CT molecular complexity index is 703. The summed E-state index contributed by atoms with van der Waals surface area (Å²) in [6.45, 7) is 0.322. The maximum Gasteiger partial charge on any atom is 0.393 e. The van der Waals surface area contributed by atoms with Crippen molar-refractivity contribution in [3.63, 3.8) is 0 Å².